The highest BCUT2D eigenvalue weighted by atomic mass is 79.9. The van der Waals surface area contributed by atoms with Crippen molar-refractivity contribution in [1.29, 1.82) is 0 Å². The lowest BCUT2D eigenvalue weighted by atomic mass is 9.99. The van der Waals surface area contributed by atoms with Crippen LogP contribution in [-0.4, -0.2) is 0 Å². The summed E-state index contributed by atoms with van der Waals surface area (Å²) in [6.45, 7) is 0. The molecule has 112 valence electrons. The Morgan fingerprint density at radius 3 is 2.48 bits per heavy atom. The molecule has 0 fully saturated rings. The Morgan fingerprint density at radius 2 is 1.86 bits per heavy atom. The summed E-state index contributed by atoms with van der Waals surface area (Å²) in [5.74, 6) is 3.67. The largest absolute Gasteiger partial charge is 0.271 e. The zero-order chi connectivity index (χ0) is 15.6. The Hall–Kier alpha value is -0.720. The smallest absolute Gasteiger partial charge is 0.173 e. The average molecular weight is 396 g/mol. The number of nitrogens with one attached hydrogen (secondary N) is 1. The first kappa shape index (κ1) is 16.6. The molecule has 0 radical (unpaired) electrons. The Kier molecular flexibility index (Phi) is 5.57. The van der Waals surface area contributed by atoms with Crippen LogP contribution in [0.5, 0.6) is 0 Å². The molecule has 0 saturated carbocycles. The molecule has 3 N–H and O–H groups in total. The van der Waals surface area contributed by atoms with Gasteiger partial charge in [0.25, 0.3) is 0 Å². The molecule has 1 atom stereocenters. The fourth-order valence-corrected chi connectivity index (χ4v) is 2.89. The summed E-state index contributed by atoms with van der Waals surface area (Å²) in [6, 6.07) is 7.31. The van der Waals surface area contributed by atoms with Gasteiger partial charge in [0.05, 0.1) is 20.6 Å². The molecule has 2 aromatic rings. The van der Waals surface area contributed by atoms with Gasteiger partial charge in [-0.3, -0.25) is 11.3 Å². The summed E-state index contributed by atoms with van der Waals surface area (Å²) in [6.07, 6.45) is 0.442. The van der Waals surface area contributed by atoms with Gasteiger partial charge >= 0.3 is 0 Å². The van der Waals surface area contributed by atoms with Crippen molar-refractivity contribution in [2.24, 2.45) is 5.84 Å². The normalized spacial score (nSPS) is 12.5. The maximum Gasteiger partial charge on any atom is 0.173 e. The summed E-state index contributed by atoms with van der Waals surface area (Å²) in [4.78, 5) is 0. The van der Waals surface area contributed by atoms with Gasteiger partial charge in [0.1, 0.15) is 0 Å². The number of halogens is 5. The van der Waals surface area contributed by atoms with E-state index in [1.807, 2.05) is 0 Å². The van der Waals surface area contributed by atoms with Crippen LogP contribution in [0.1, 0.15) is 17.2 Å². The van der Waals surface area contributed by atoms with Gasteiger partial charge in [-0.05, 0) is 51.7 Å². The monoisotopic (exact) mass is 394 g/mol. The van der Waals surface area contributed by atoms with Crippen LogP contribution < -0.4 is 11.3 Å². The molecule has 7 heteroatoms. The minimum Gasteiger partial charge on any atom is -0.271 e. The van der Waals surface area contributed by atoms with Gasteiger partial charge in [0.2, 0.25) is 0 Å². The zero-order valence-corrected chi connectivity index (χ0v) is 13.7. The first-order valence-electron chi connectivity index (χ1n) is 5.97. The maximum atomic E-state index is 13.6. The predicted molar refractivity (Wildman–Crippen MR) is 84.3 cm³/mol. The molecule has 0 aliphatic carbocycles. The molecule has 0 spiro atoms. The van der Waals surface area contributed by atoms with Gasteiger partial charge < -0.3 is 0 Å². The summed E-state index contributed by atoms with van der Waals surface area (Å²) in [7, 11) is 0. The van der Waals surface area contributed by atoms with Crippen LogP contribution in [-0.2, 0) is 6.42 Å². The van der Waals surface area contributed by atoms with E-state index in [9.17, 15) is 8.78 Å². The molecule has 0 heterocycles. The van der Waals surface area contributed by atoms with E-state index in [0.717, 1.165) is 11.6 Å². The lowest BCUT2D eigenvalue weighted by Gasteiger charge is -2.18. The van der Waals surface area contributed by atoms with Gasteiger partial charge in [0.15, 0.2) is 11.6 Å². The Labute approximate surface area is 139 Å². The minimum absolute atomic E-state index is 0.0468. The Balaban J connectivity index is 2.32. The SMILES string of the molecule is NNC(Cc1ccc(Cl)c(Cl)c1)c1ccc(F)c(F)c1Br. The third kappa shape index (κ3) is 3.73. The van der Waals surface area contributed by atoms with Crippen LogP contribution in [0.2, 0.25) is 10.0 Å². The van der Waals surface area contributed by atoms with Crippen LogP contribution in [0.25, 0.3) is 0 Å². The molecule has 0 amide bonds. The van der Waals surface area contributed by atoms with Crippen molar-refractivity contribution in [1.82, 2.24) is 5.43 Å². The summed E-state index contributed by atoms with van der Waals surface area (Å²) < 4.78 is 26.8. The Bertz CT molecular complexity index is 668. The number of nitrogens with two attached hydrogens (primary N) is 1. The highest BCUT2D eigenvalue weighted by Gasteiger charge is 2.19. The molecule has 2 rings (SSSR count). The number of hydrogen-bond acceptors (Lipinski definition) is 2. The molecule has 2 aromatic carbocycles. The molecule has 21 heavy (non-hydrogen) atoms. The van der Waals surface area contributed by atoms with Gasteiger partial charge in [0, 0.05) is 0 Å². The van der Waals surface area contributed by atoms with Crippen LogP contribution in [0.3, 0.4) is 0 Å². The van der Waals surface area contributed by atoms with Crippen molar-refractivity contribution in [2.75, 3.05) is 0 Å². The quantitative estimate of drug-likeness (QED) is 0.444. The van der Waals surface area contributed by atoms with E-state index in [1.165, 1.54) is 6.07 Å². The lowest BCUT2D eigenvalue weighted by molar-refractivity contribution is 0.491. The highest BCUT2D eigenvalue weighted by molar-refractivity contribution is 9.10. The van der Waals surface area contributed by atoms with Crippen molar-refractivity contribution < 1.29 is 8.78 Å². The van der Waals surface area contributed by atoms with Crippen molar-refractivity contribution in [3.63, 3.8) is 0 Å². The van der Waals surface area contributed by atoms with E-state index in [0.29, 0.717) is 22.0 Å². The molecule has 0 aliphatic rings. The van der Waals surface area contributed by atoms with Gasteiger partial charge in [-0.1, -0.05) is 35.3 Å². The van der Waals surface area contributed by atoms with E-state index < -0.39 is 17.7 Å². The maximum absolute atomic E-state index is 13.6. The molecule has 1 unspecified atom stereocenters. The van der Waals surface area contributed by atoms with E-state index >= 15 is 0 Å². The number of benzene rings is 2. The topological polar surface area (TPSA) is 38.0 Å². The minimum atomic E-state index is -0.943. The van der Waals surface area contributed by atoms with E-state index in [4.69, 9.17) is 29.0 Å². The van der Waals surface area contributed by atoms with Crippen LogP contribution in [0, 0.1) is 11.6 Å². The van der Waals surface area contributed by atoms with Crippen molar-refractivity contribution in [2.45, 2.75) is 12.5 Å². The lowest BCUT2D eigenvalue weighted by Crippen LogP contribution is -2.30. The number of rotatable bonds is 4. The van der Waals surface area contributed by atoms with Gasteiger partial charge in [-0.2, -0.15) is 0 Å². The van der Waals surface area contributed by atoms with E-state index in [1.54, 1.807) is 18.2 Å². The second-order valence-electron chi connectivity index (χ2n) is 4.44. The second kappa shape index (κ2) is 7.03. The number of hydrogen-bond donors (Lipinski definition) is 2. The predicted octanol–water partition coefficient (Wildman–Crippen LogP) is 4.78. The third-order valence-electron chi connectivity index (χ3n) is 3.07. The molecule has 0 aromatic heterocycles. The van der Waals surface area contributed by atoms with Crippen molar-refractivity contribution in [3.05, 3.63) is 67.6 Å². The molecular formula is C14H11BrCl2F2N2. The number of hydrazine groups is 1. The fourth-order valence-electron chi connectivity index (χ4n) is 1.97. The molecule has 0 saturated heterocycles. The van der Waals surface area contributed by atoms with E-state index in [-0.39, 0.29) is 4.47 Å². The first-order chi connectivity index (χ1) is 9.93. The molecule has 2 nitrogen and oxygen atoms in total. The van der Waals surface area contributed by atoms with Crippen LogP contribution >= 0.6 is 39.1 Å². The second-order valence-corrected chi connectivity index (χ2v) is 6.04. The summed E-state index contributed by atoms with van der Waals surface area (Å²) in [5.41, 5.74) is 3.97. The molecular weight excluding hydrogens is 385 g/mol. The Morgan fingerprint density at radius 1 is 1.14 bits per heavy atom. The summed E-state index contributed by atoms with van der Waals surface area (Å²) in [5, 5.41) is 0.876. The van der Waals surface area contributed by atoms with Crippen LogP contribution in [0.4, 0.5) is 8.78 Å². The van der Waals surface area contributed by atoms with Crippen molar-refractivity contribution in [3.8, 4) is 0 Å². The van der Waals surface area contributed by atoms with Crippen molar-refractivity contribution >= 4 is 39.1 Å². The third-order valence-corrected chi connectivity index (χ3v) is 4.61. The van der Waals surface area contributed by atoms with Crippen LogP contribution in [0.15, 0.2) is 34.8 Å². The molecule has 0 bridgehead atoms. The van der Waals surface area contributed by atoms with E-state index in [2.05, 4.69) is 21.4 Å². The average Bonchev–Trinajstić information content (AvgIpc) is 2.47. The summed E-state index contributed by atoms with van der Waals surface area (Å²) >= 11 is 14.9. The molecule has 0 aliphatic heterocycles. The van der Waals surface area contributed by atoms with Gasteiger partial charge in [-0.15, -0.1) is 0 Å². The fraction of sp³-hybridized carbons (Fsp3) is 0.143. The zero-order valence-electron chi connectivity index (χ0n) is 10.6. The van der Waals surface area contributed by atoms with Gasteiger partial charge in [-0.25, -0.2) is 8.78 Å². The standard InChI is InChI=1S/C14H11BrCl2F2N2/c15-13-8(2-4-11(18)14(13)19)12(21-20)6-7-1-3-9(16)10(17)5-7/h1-5,12,21H,6,20H2. The highest BCUT2D eigenvalue weighted by Crippen LogP contribution is 2.31. The first-order valence-corrected chi connectivity index (χ1v) is 7.52.